The minimum Gasteiger partial charge on any atom is -0.352 e. The van der Waals surface area contributed by atoms with Gasteiger partial charge in [-0.25, -0.2) is 0 Å². The van der Waals surface area contributed by atoms with E-state index in [-0.39, 0.29) is 16.7 Å². The highest BCUT2D eigenvalue weighted by molar-refractivity contribution is 8.00. The number of nitrogens with one attached hydrogen (secondary N) is 1. The lowest BCUT2D eigenvalue weighted by Crippen LogP contribution is -2.53. The summed E-state index contributed by atoms with van der Waals surface area (Å²) in [6, 6.07) is 0.460. The average Bonchev–Trinajstić information content (AvgIpc) is 3.22. The third-order valence-corrected chi connectivity index (χ3v) is 5.81. The van der Waals surface area contributed by atoms with Gasteiger partial charge in [-0.1, -0.05) is 0 Å². The van der Waals surface area contributed by atoms with E-state index in [4.69, 9.17) is 5.73 Å². The van der Waals surface area contributed by atoms with Gasteiger partial charge in [0.25, 0.3) is 0 Å². The van der Waals surface area contributed by atoms with Gasteiger partial charge in [0.2, 0.25) is 5.91 Å². The number of likely N-dealkylation sites (tertiary alicyclic amines) is 1. The Bertz CT molecular complexity index is 293. The van der Waals surface area contributed by atoms with E-state index in [1.165, 1.54) is 0 Å². The SMILES string of the molecule is CSC1(CN)CCN(C(C)C(=O)NC2CC2)CC1. The fraction of sp³-hybridized carbons (Fsp3) is 0.923. The molecule has 0 bridgehead atoms. The summed E-state index contributed by atoms with van der Waals surface area (Å²) in [6.07, 6.45) is 6.63. The number of piperidine rings is 1. The largest absolute Gasteiger partial charge is 0.352 e. The monoisotopic (exact) mass is 271 g/mol. The van der Waals surface area contributed by atoms with E-state index < -0.39 is 0 Å². The summed E-state index contributed by atoms with van der Waals surface area (Å²) < 4.78 is 0.239. The van der Waals surface area contributed by atoms with E-state index >= 15 is 0 Å². The van der Waals surface area contributed by atoms with Gasteiger partial charge in [0.15, 0.2) is 0 Å². The van der Waals surface area contributed by atoms with Crippen LogP contribution in [-0.2, 0) is 4.79 Å². The first-order chi connectivity index (χ1) is 8.60. The Hall–Kier alpha value is -0.260. The van der Waals surface area contributed by atoms with E-state index in [0.29, 0.717) is 6.04 Å². The first-order valence-corrected chi connectivity index (χ1v) is 8.12. The molecule has 0 aromatic rings. The number of carbonyl (C=O) groups is 1. The number of amides is 1. The highest BCUT2D eigenvalue weighted by Gasteiger charge is 2.36. The lowest BCUT2D eigenvalue weighted by Gasteiger charge is -2.41. The van der Waals surface area contributed by atoms with Crippen LogP contribution in [0.5, 0.6) is 0 Å². The van der Waals surface area contributed by atoms with Crippen LogP contribution in [0.15, 0.2) is 0 Å². The number of carbonyl (C=O) groups excluding carboxylic acids is 1. The van der Waals surface area contributed by atoms with Crippen LogP contribution in [0.3, 0.4) is 0 Å². The third-order valence-electron chi connectivity index (χ3n) is 4.37. The molecule has 1 atom stereocenters. The zero-order valence-corrected chi connectivity index (χ0v) is 12.3. The number of hydrogen-bond donors (Lipinski definition) is 2. The van der Waals surface area contributed by atoms with Gasteiger partial charge < -0.3 is 11.1 Å². The minimum atomic E-state index is 0.00299. The minimum absolute atomic E-state index is 0.00299. The van der Waals surface area contributed by atoms with Crippen molar-refractivity contribution >= 4 is 17.7 Å². The number of hydrogen-bond acceptors (Lipinski definition) is 4. The van der Waals surface area contributed by atoms with E-state index in [2.05, 4.69) is 16.5 Å². The zero-order valence-electron chi connectivity index (χ0n) is 11.4. The summed E-state index contributed by atoms with van der Waals surface area (Å²) in [5.41, 5.74) is 5.89. The van der Waals surface area contributed by atoms with Crippen LogP contribution < -0.4 is 11.1 Å². The molecule has 1 unspecified atom stereocenters. The topological polar surface area (TPSA) is 58.4 Å². The molecule has 1 saturated heterocycles. The van der Waals surface area contributed by atoms with Gasteiger partial charge in [0.1, 0.15) is 0 Å². The average molecular weight is 271 g/mol. The molecule has 5 heteroatoms. The molecule has 0 aromatic heterocycles. The molecule has 1 heterocycles. The van der Waals surface area contributed by atoms with Crippen molar-refractivity contribution in [1.29, 1.82) is 0 Å². The summed E-state index contributed by atoms with van der Waals surface area (Å²) in [6.45, 7) is 4.73. The molecule has 4 nitrogen and oxygen atoms in total. The molecular formula is C13H25N3OS. The molecular weight excluding hydrogens is 246 g/mol. The maximum atomic E-state index is 12.0. The Kier molecular flexibility index (Phi) is 4.56. The van der Waals surface area contributed by atoms with Crippen LogP contribution >= 0.6 is 11.8 Å². The summed E-state index contributed by atoms with van der Waals surface area (Å²) in [5.74, 6) is 0.196. The van der Waals surface area contributed by atoms with E-state index in [1.54, 1.807) is 0 Å². The predicted octanol–water partition coefficient (Wildman–Crippen LogP) is 0.810. The second kappa shape index (κ2) is 5.80. The number of rotatable bonds is 5. The van der Waals surface area contributed by atoms with Crippen molar-refractivity contribution in [2.24, 2.45) is 5.73 Å². The number of nitrogens with two attached hydrogens (primary N) is 1. The highest BCUT2D eigenvalue weighted by Crippen LogP contribution is 2.34. The Morgan fingerprint density at radius 1 is 1.50 bits per heavy atom. The standard InChI is InChI=1S/C13H25N3OS/c1-10(12(17)15-11-3-4-11)16-7-5-13(9-14,18-2)6-8-16/h10-11H,3-9,14H2,1-2H3,(H,15,17). The third kappa shape index (κ3) is 3.19. The first kappa shape index (κ1) is 14.2. The van der Waals surface area contributed by atoms with Crippen molar-refractivity contribution in [2.45, 2.75) is 49.4 Å². The number of nitrogens with zero attached hydrogens (tertiary/aromatic N) is 1. The molecule has 1 saturated carbocycles. The van der Waals surface area contributed by atoms with Crippen molar-refractivity contribution < 1.29 is 4.79 Å². The Balaban J connectivity index is 1.82. The fourth-order valence-corrected chi connectivity index (χ4v) is 3.28. The molecule has 3 N–H and O–H groups in total. The highest BCUT2D eigenvalue weighted by atomic mass is 32.2. The molecule has 2 fully saturated rings. The van der Waals surface area contributed by atoms with Gasteiger partial charge in [0, 0.05) is 30.4 Å². The smallest absolute Gasteiger partial charge is 0.237 e. The molecule has 0 aromatic carbocycles. The van der Waals surface area contributed by atoms with Crippen LogP contribution in [0.25, 0.3) is 0 Å². The maximum Gasteiger partial charge on any atom is 0.237 e. The fourth-order valence-electron chi connectivity index (χ4n) is 2.53. The van der Waals surface area contributed by atoms with Crippen LogP contribution in [0.4, 0.5) is 0 Å². The maximum absolute atomic E-state index is 12.0. The molecule has 104 valence electrons. The van der Waals surface area contributed by atoms with Crippen LogP contribution in [0, 0.1) is 0 Å². The molecule has 1 amide bonds. The van der Waals surface area contributed by atoms with Gasteiger partial charge in [0.05, 0.1) is 6.04 Å². The normalized spacial score (nSPS) is 25.7. The molecule has 0 spiro atoms. The molecule has 1 aliphatic carbocycles. The second-order valence-electron chi connectivity index (χ2n) is 5.59. The van der Waals surface area contributed by atoms with Gasteiger partial charge in [-0.15, -0.1) is 0 Å². The zero-order chi connectivity index (χ0) is 13.2. The predicted molar refractivity (Wildman–Crippen MR) is 76.7 cm³/mol. The van der Waals surface area contributed by atoms with Crippen molar-refractivity contribution in [1.82, 2.24) is 10.2 Å². The Labute approximate surface area is 114 Å². The van der Waals surface area contributed by atoms with Crippen molar-refractivity contribution in [3.8, 4) is 0 Å². The van der Waals surface area contributed by atoms with Crippen LogP contribution in [-0.4, -0.2) is 53.5 Å². The van der Waals surface area contributed by atoms with Crippen molar-refractivity contribution in [3.63, 3.8) is 0 Å². The Morgan fingerprint density at radius 3 is 2.56 bits per heavy atom. The van der Waals surface area contributed by atoms with Crippen molar-refractivity contribution in [2.75, 3.05) is 25.9 Å². The quantitative estimate of drug-likeness (QED) is 0.777. The van der Waals surface area contributed by atoms with Gasteiger partial charge in [-0.3, -0.25) is 9.69 Å². The molecule has 1 aliphatic heterocycles. The molecule has 2 aliphatic rings. The lowest BCUT2D eigenvalue weighted by molar-refractivity contribution is -0.126. The van der Waals surface area contributed by atoms with E-state index in [9.17, 15) is 4.79 Å². The van der Waals surface area contributed by atoms with Crippen molar-refractivity contribution in [3.05, 3.63) is 0 Å². The molecule has 0 radical (unpaired) electrons. The molecule has 18 heavy (non-hydrogen) atoms. The summed E-state index contributed by atoms with van der Waals surface area (Å²) >= 11 is 1.88. The lowest BCUT2D eigenvalue weighted by atomic mass is 9.95. The Morgan fingerprint density at radius 2 is 2.11 bits per heavy atom. The number of thioether (sulfide) groups is 1. The summed E-state index contributed by atoms with van der Waals surface area (Å²) in [7, 11) is 0. The summed E-state index contributed by atoms with van der Waals surface area (Å²) in [4.78, 5) is 14.3. The van der Waals surface area contributed by atoms with Crippen LogP contribution in [0.1, 0.15) is 32.6 Å². The summed E-state index contributed by atoms with van der Waals surface area (Å²) in [5, 5.41) is 3.09. The van der Waals surface area contributed by atoms with Crippen LogP contribution in [0.2, 0.25) is 0 Å². The van der Waals surface area contributed by atoms with E-state index in [0.717, 1.165) is 45.3 Å². The van der Waals surface area contributed by atoms with Gasteiger partial charge >= 0.3 is 0 Å². The van der Waals surface area contributed by atoms with Gasteiger partial charge in [-0.2, -0.15) is 11.8 Å². The first-order valence-electron chi connectivity index (χ1n) is 6.90. The van der Waals surface area contributed by atoms with E-state index in [1.807, 2.05) is 18.7 Å². The molecule has 2 rings (SSSR count). The van der Waals surface area contributed by atoms with Gasteiger partial charge in [-0.05, 0) is 38.9 Å². The second-order valence-corrected chi connectivity index (χ2v) is 6.86.